The number of amides is 2. The van der Waals surface area contributed by atoms with Crippen molar-refractivity contribution in [3.63, 3.8) is 0 Å². The summed E-state index contributed by atoms with van der Waals surface area (Å²) < 4.78 is 0. The van der Waals surface area contributed by atoms with Gasteiger partial charge in [-0.05, 0) is 53.6 Å². The largest absolute Gasteiger partial charge is 0.355 e. The third-order valence-corrected chi connectivity index (χ3v) is 11.8. The summed E-state index contributed by atoms with van der Waals surface area (Å²) >= 11 is 37.3. The first kappa shape index (κ1) is 39.1. The second kappa shape index (κ2) is 15.6. The molecule has 0 aliphatic carbocycles. The Labute approximate surface area is 339 Å². The molecule has 0 aromatic heterocycles. The van der Waals surface area contributed by atoms with E-state index in [1.807, 2.05) is 65.6 Å². The summed E-state index contributed by atoms with van der Waals surface area (Å²) in [4.78, 5) is 31.0. The van der Waals surface area contributed by atoms with Crippen LogP contribution in [0.3, 0.4) is 0 Å². The molecule has 1 unspecified atom stereocenters. The highest BCUT2D eigenvalue weighted by Crippen LogP contribution is 2.48. The molecule has 53 heavy (non-hydrogen) atoms. The van der Waals surface area contributed by atoms with Crippen molar-refractivity contribution < 1.29 is 9.59 Å². The van der Waals surface area contributed by atoms with Gasteiger partial charge in [0.2, 0.25) is 11.8 Å². The molecule has 0 radical (unpaired) electrons. The summed E-state index contributed by atoms with van der Waals surface area (Å²) in [6.07, 6.45) is 10.1. The Morgan fingerprint density at radius 2 is 1.15 bits per heavy atom. The molecular weight excluding hydrogens is 793 g/mol. The van der Waals surface area contributed by atoms with E-state index in [9.17, 15) is 9.59 Å². The number of carbonyl (C=O) groups excluding carboxylic acids is 2. The predicted molar refractivity (Wildman–Crippen MR) is 224 cm³/mol. The van der Waals surface area contributed by atoms with Gasteiger partial charge in [-0.2, -0.15) is 0 Å². The molecule has 6 nitrogen and oxygen atoms in total. The van der Waals surface area contributed by atoms with Gasteiger partial charge in [0.05, 0.1) is 54.1 Å². The number of allylic oxidation sites excluding steroid dienone is 5. The summed E-state index contributed by atoms with van der Waals surface area (Å²) in [6.45, 7) is 8.75. The summed E-state index contributed by atoms with van der Waals surface area (Å²) in [7, 11) is 0. The fraction of sp³-hybridized carbons (Fsp3) is 0.220. The van der Waals surface area contributed by atoms with Gasteiger partial charge in [0.25, 0.3) is 0 Å². The van der Waals surface area contributed by atoms with Crippen molar-refractivity contribution >= 4 is 104 Å². The van der Waals surface area contributed by atoms with E-state index in [1.165, 1.54) is 12.1 Å². The van der Waals surface area contributed by atoms with E-state index in [1.54, 1.807) is 12.1 Å². The molecule has 4 aromatic carbocycles. The monoisotopic (exact) mass is 826 g/mol. The second-order valence-corrected chi connectivity index (χ2v) is 16.4. The van der Waals surface area contributed by atoms with E-state index in [-0.39, 0.29) is 41.8 Å². The van der Waals surface area contributed by atoms with Crippen LogP contribution in [0.2, 0.25) is 30.1 Å². The molecule has 2 aliphatic rings. The zero-order valence-electron chi connectivity index (χ0n) is 29.3. The minimum absolute atomic E-state index is 0.0471. The Morgan fingerprint density at radius 1 is 0.642 bits per heavy atom. The fourth-order valence-electron chi connectivity index (χ4n) is 7.10. The van der Waals surface area contributed by atoms with Crippen molar-refractivity contribution in [3.8, 4) is 0 Å². The number of nitrogens with zero attached hydrogens (tertiary/aromatic N) is 2. The molecule has 2 aliphatic heterocycles. The zero-order valence-corrected chi connectivity index (χ0v) is 33.8. The average molecular weight is 829 g/mol. The zero-order chi connectivity index (χ0) is 38.2. The topological polar surface area (TPSA) is 64.7 Å². The molecular formula is C41H36Cl6N4O2. The van der Waals surface area contributed by atoms with Gasteiger partial charge in [0.1, 0.15) is 6.54 Å². The van der Waals surface area contributed by atoms with Crippen molar-refractivity contribution in [3.05, 3.63) is 150 Å². The lowest BCUT2D eigenvalue weighted by Gasteiger charge is -2.32. The van der Waals surface area contributed by atoms with E-state index in [0.29, 0.717) is 41.5 Å². The summed E-state index contributed by atoms with van der Waals surface area (Å²) in [5.74, 6) is -0.508. The molecule has 0 saturated heterocycles. The number of fused-ring (bicyclic) bond motifs is 2. The molecule has 2 amide bonds. The summed E-state index contributed by atoms with van der Waals surface area (Å²) in [6, 6.07) is 22.1. The van der Waals surface area contributed by atoms with E-state index >= 15 is 0 Å². The fourth-order valence-corrected chi connectivity index (χ4v) is 8.29. The molecule has 2 N–H and O–H groups in total. The van der Waals surface area contributed by atoms with Crippen molar-refractivity contribution in [2.45, 2.75) is 44.6 Å². The molecule has 0 saturated carbocycles. The van der Waals surface area contributed by atoms with Gasteiger partial charge in [-0.25, -0.2) is 0 Å². The Morgan fingerprint density at radius 3 is 1.75 bits per heavy atom. The highest BCUT2D eigenvalue weighted by Gasteiger charge is 2.44. The van der Waals surface area contributed by atoms with Crippen LogP contribution in [0.4, 0.5) is 22.7 Å². The van der Waals surface area contributed by atoms with Gasteiger partial charge in [0.15, 0.2) is 0 Å². The van der Waals surface area contributed by atoms with E-state index in [2.05, 4.69) is 61.4 Å². The Kier molecular flexibility index (Phi) is 11.5. The van der Waals surface area contributed by atoms with Crippen molar-refractivity contribution in [2.75, 3.05) is 33.5 Å². The SMILES string of the molecule is CC1(C)\C(=C/C=C/C=C/C2N(CC(=O)Nc3cc(Cl)c(Cl)cc3Cl)c3ccccc3C2(C)C)N(CC(=O)Nc2cc(Cl)c(Cl)cc2Cl)c2ccccc21. The van der Waals surface area contributed by atoms with Crippen LogP contribution in [0.25, 0.3) is 0 Å². The Balaban J connectivity index is 1.23. The molecule has 0 spiro atoms. The van der Waals surface area contributed by atoms with Gasteiger partial charge >= 0.3 is 0 Å². The molecule has 4 aromatic rings. The molecule has 1 atom stereocenters. The lowest BCUT2D eigenvalue weighted by molar-refractivity contribution is -0.115. The third-order valence-electron chi connectivity index (χ3n) is 9.74. The molecule has 12 heteroatoms. The van der Waals surface area contributed by atoms with Gasteiger partial charge in [-0.1, -0.05) is 158 Å². The normalized spacial score (nSPS) is 17.8. The van der Waals surface area contributed by atoms with Crippen LogP contribution < -0.4 is 20.4 Å². The highest BCUT2D eigenvalue weighted by atomic mass is 35.5. The van der Waals surface area contributed by atoms with Crippen molar-refractivity contribution in [2.24, 2.45) is 0 Å². The lowest BCUT2D eigenvalue weighted by Crippen LogP contribution is -2.43. The maximum absolute atomic E-state index is 13.4. The Hall–Kier alpha value is -3.62. The van der Waals surface area contributed by atoms with Crippen LogP contribution >= 0.6 is 69.6 Å². The smallest absolute Gasteiger partial charge is 0.244 e. The number of nitrogens with one attached hydrogen (secondary N) is 2. The number of carbonyl (C=O) groups is 2. The number of anilines is 4. The summed E-state index contributed by atoms with van der Waals surface area (Å²) in [5.41, 5.74) is 5.21. The number of benzene rings is 4. The van der Waals surface area contributed by atoms with Gasteiger partial charge in [0, 0.05) is 27.9 Å². The second-order valence-electron chi connectivity index (χ2n) is 14.0. The van der Waals surface area contributed by atoms with Crippen LogP contribution in [0, 0.1) is 0 Å². The van der Waals surface area contributed by atoms with Crippen LogP contribution in [-0.4, -0.2) is 30.9 Å². The highest BCUT2D eigenvalue weighted by molar-refractivity contribution is 6.45. The van der Waals surface area contributed by atoms with Gasteiger partial charge in [-0.3, -0.25) is 9.59 Å². The number of rotatable bonds is 9. The quantitative estimate of drug-likeness (QED) is 0.130. The first-order chi connectivity index (χ1) is 25.1. The van der Waals surface area contributed by atoms with Crippen LogP contribution in [0.5, 0.6) is 0 Å². The number of hydrogen-bond acceptors (Lipinski definition) is 4. The van der Waals surface area contributed by atoms with E-state index in [4.69, 9.17) is 69.6 Å². The Bertz CT molecular complexity index is 2200. The predicted octanol–water partition coefficient (Wildman–Crippen LogP) is 12.1. The minimum Gasteiger partial charge on any atom is -0.355 e. The number of hydrogen-bond donors (Lipinski definition) is 2. The van der Waals surface area contributed by atoms with E-state index in [0.717, 1.165) is 28.2 Å². The average Bonchev–Trinajstić information content (AvgIpc) is 3.44. The first-order valence-electron chi connectivity index (χ1n) is 16.8. The lowest BCUT2D eigenvalue weighted by atomic mass is 9.80. The van der Waals surface area contributed by atoms with Gasteiger partial charge < -0.3 is 20.4 Å². The molecule has 0 bridgehead atoms. The molecule has 274 valence electrons. The third kappa shape index (κ3) is 7.95. The minimum atomic E-state index is -0.386. The maximum atomic E-state index is 13.4. The van der Waals surface area contributed by atoms with Crippen molar-refractivity contribution in [1.82, 2.24) is 0 Å². The molecule has 6 rings (SSSR count). The van der Waals surface area contributed by atoms with Crippen LogP contribution in [0.1, 0.15) is 38.8 Å². The molecule has 2 heterocycles. The van der Waals surface area contributed by atoms with Crippen LogP contribution in [-0.2, 0) is 20.4 Å². The van der Waals surface area contributed by atoms with E-state index < -0.39 is 0 Å². The summed E-state index contributed by atoms with van der Waals surface area (Å²) in [5, 5.41) is 7.58. The van der Waals surface area contributed by atoms with Crippen LogP contribution in [0.15, 0.2) is 109 Å². The van der Waals surface area contributed by atoms with Crippen molar-refractivity contribution in [1.29, 1.82) is 0 Å². The molecule has 0 fully saturated rings. The first-order valence-corrected chi connectivity index (χ1v) is 19.0. The maximum Gasteiger partial charge on any atom is 0.244 e. The van der Waals surface area contributed by atoms with Gasteiger partial charge in [-0.15, -0.1) is 0 Å². The standard InChI is InChI=1S/C41H36Cl6N4O2/c1-40(2)24-12-8-10-14-34(24)50(22-38(52)48-32-20-28(44)26(42)18-30(32)46)36(40)16-6-5-7-17-37-41(3,4)25-13-9-11-15-35(25)51(37)23-39(53)49-33-21-29(45)27(43)19-31(33)47/h5-21,36H,22-23H2,1-4H3,(H,48,52)(H,49,53)/b7-5+,16-6+,37-17+. The number of para-hydroxylation sites is 2. The number of halogens is 6.